The van der Waals surface area contributed by atoms with Gasteiger partial charge in [-0.05, 0) is 36.4 Å². The van der Waals surface area contributed by atoms with E-state index in [-0.39, 0.29) is 11.3 Å². The van der Waals surface area contributed by atoms with Gasteiger partial charge in [-0.3, -0.25) is 4.79 Å². The third-order valence-electron chi connectivity index (χ3n) is 2.58. The van der Waals surface area contributed by atoms with Crippen molar-refractivity contribution in [2.45, 2.75) is 0 Å². The maximum Gasteiger partial charge on any atom is 0.323 e. The molecule has 0 saturated heterocycles. The molecule has 4 N–H and O–H groups in total. The molecular formula is C14H11ClFN3O2. The number of hydrogen-bond donors (Lipinski definition) is 3. The summed E-state index contributed by atoms with van der Waals surface area (Å²) >= 11 is 5.79. The highest BCUT2D eigenvalue weighted by Crippen LogP contribution is 2.18. The van der Waals surface area contributed by atoms with E-state index in [4.69, 9.17) is 17.3 Å². The van der Waals surface area contributed by atoms with Crippen LogP contribution in [0.4, 0.5) is 20.6 Å². The molecule has 0 fully saturated rings. The highest BCUT2D eigenvalue weighted by molar-refractivity contribution is 6.30. The Morgan fingerprint density at radius 1 is 1.10 bits per heavy atom. The molecule has 21 heavy (non-hydrogen) atoms. The molecule has 2 rings (SSSR count). The van der Waals surface area contributed by atoms with Crippen LogP contribution in [-0.2, 0) is 0 Å². The molecule has 0 saturated carbocycles. The summed E-state index contributed by atoms with van der Waals surface area (Å²) in [6.07, 6.45) is 0. The molecule has 5 nitrogen and oxygen atoms in total. The second-order valence-corrected chi connectivity index (χ2v) is 4.58. The molecule has 108 valence electrons. The third-order valence-corrected chi connectivity index (χ3v) is 2.81. The topological polar surface area (TPSA) is 84.2 Å². The van der Waals surface area contributed by atoms with E-state index in [0.29, 0.717) is 10.7 Å². The Labute approximate surface area is 124 Å². The van der Waals surface area contributed by atoms with E-state index in [9.17, 15) is 14.0 Å². The fraction of sp³-hybridized carbons (Fsp3) is 0. The lowest BCUT2D eigenvalue weighted by atomic mass is 10.1. The SMILES string of the molecule is NC(=O)c1ccc(F)cc1NC(=O)Nc1cccc(Cl)c1. The standard InChI is InChI=1S/C14H11ClFN3O2/c15-8-2-1-3-10(6-8)18-14(21)19-12-7-9(16)4-5-11(12)13(17)20/h1-7H,(H2,17,20)(H2,18,19,21). The van der Waals surface area contributed by atoms with Crippen molar-refractivity contribution in [3.63, 3.8) is 0 Å². The van der Waals surface area contributed by atoms with Gasteiger partial charge in [-0.25, -0.2) is 9.18 Å². The van der Waals surface area contributed by atoms with Crippen LogP contribution in [0.15, 0.2) is 42.5 Å². The van der Waals surface area contributed by atoms with Crippen LogP contribution in [-0.4, -0.2) is 11.9 Å². The molecule has 0 heterocycles. The maximum atomic E-state index is 13.2. The lowest BCUT2D eigenvalue weighted by Gasteiger charge is -2.10. The lowest BCUT2D eigenvalue weighted by molar-refractivity contribution is 0.100. The minimum atomic E-state index is -0.770. The highest BCUT2D eigenvalue weighted by Gasteiger charge is 2.12. The van der Waals surface area contributed by atoms with Crippen molar-refractivity contribution in [1.29, 1.82) is 0 Å². The zero-order chi connectivity index (χ0) is 15.4. The number of benzene rings is 2. The zero-order valence-corrected chi connectivity index (χ0v) is 11.4. The van der Waals surface area contributed by atoms with Crippen molar-refractivity contribution in [2.75, 3.05) is 10.6 Å². The van der Waals surface area contributed by atoms with E-state index in [1.165, 1.54) is 6.07 Å². The van der Waals surface area contributed by atoms with Crippen LogP contribution in [0.2, 0.25) is 5.02 Å². The number of halogens is 2. The van der Waals surface area contributed by atoms with Crippen molar-refractivity contribution >= 4 is 34.9 Å². The molecule has 7 heteroatoms. The fourth-order valence-electron chi connectivity index (χ4n) is 1.69. The van der Waals surface area contributed by atoms with Crippen molar-refractivity contribution < 1.29 is 14.0 Å². The summed E-state index contributed by atoms with van der Waals surface area (Å²) in [4.78, 5) is 23.1. The van der Waals surface area contributed by atoms with Gasteiger partial charge in [-0.1, -0.05) is 17.7 Å². The number of amides is 3. The summed E-state index contributed by atoms with van der Waals surface area (Å²) < 4.78 is 13.2. The lowest BCUT2D eigenvalue weighted by Crippen LogP contribution is -2.22. The Morgan fingerprint density at radius 3 is 2.52 bits per heavy atom. The number of rotatable bonds is 3. The van der Waals surface area contributed by atoms with Gasteiger partial charge in [0, 0.05) is 10.7 Å². The first-order chi connectivity index (χ1) is 9.95. The predicted molar refractivity (Wildman–Crippen MR) is 79.0 cm³/mol. The summed E-state index contributed by atoms with van der Waals surface area (Å²) in [5, 5.41) is 5.33. The molecule has 0 atom stereocenters. The Hall–Kier alpha value is -2.60. The molecule has 0 bridgehead atoms. The van der Waals surface area contributed by atoms with Crippen LogP contribution >= 0.6 is 11.6 Å². The largest absolute Gasteiger partial charge is 0.366 e. The maximum absolute atomic E-state index is 13.2. The monoisotopic (exact) mass is 307 g/mol. The quantitative estimate of drug-likeness (QED) is 0.813. The van der Waals surface area contributed by atoms with Crippen molar-refractivity contribution in [3.05, 3.63) is 58.9 Å². The average Bonchev–Trinajstić information content (AvgIpc) is 2.38. The first kappa shape index (κ1) is 14.8. The number of urea groups is 1. The summed E-state index contributed by atoms with van der Waals surface area (Å²) in [6, 6.07) is 9.14. The van der Waals surface area contributed by atoms with Gasteiger partial charge >= 0.3 is 6.03 Å². The summed E-state index contributed by atoms with van der Waals surface area (Å²) in [5.74, 6) is -1.37. The average molecular weight is 308 g/mol. The number of primary amides is 1. The second-order valence-electron chi connectivity index (χ2n) is 4.14. The van der Waals surface area contributed by atoms with Crippen molar-refractivity contribution in [1.82, 2.24) is 0 Å². The number of carbonyl (C=O) groups excluding carboxylic acids is 2. The second kappa shape index (κ2) is 6.23. The van der Waals surface area contributed by atoms with E-state index < -0.39 is 17.8 Å². The van der Waals surface area contributed by atoms with Crippen LogP contribution in [0, 0.1) is 5.82 Å². The van der Waals surface area contributed by atoms with Crippen LogP contribution in [0.25, 0.3) is 0 Å². The predicted octanol–water partition coefficient (Wildman–Crippen LogP) is 3.22. The van der Waals surface area contributed by atoms with E-state index >= 15 is 0 Å². The molecule has 3 amide bonds. The minimum absolute atomic E-state index is 0.0117. The van der Waals surface area contributed by atoms with Crippen molar-refractivity contribution in [3.8, 4) is 0 Å². The van der Waals surface area contributed by atoms with Gasteiger partial charge in [-0.15, -0.1) is 0 Å². The van der Waals surface area contributed by atoms with E-state index in [1.54, 1.807) is 24.3 Å². The van der Waals surface area contributed by atoms with Crippen LogP contribution < -0.4 is 16.4 Å². The Bertz CT molecular complexity index is 706. The van der Waals surface area contributed by atoms with Crippen LogP contribution in [0.5, 0.6) is 0 Å². The van der Waals surface area contributed by atoms with Crippen molar-refractivity contribution in [2.24, 2.45) is 5.73 Å². The fourth-order valence-corrected chi connectivity index (χ4v) is 1.88. The van der Waals surface area contributed by atoms with E-state index in [1.807, 2.05) is 0 Å². The first-order valence-corrected chi connectivity index (χ1v) is 6.26. The van der Waals surface area contributed by atoms with Gasteiger partial charge in [0.15, 0.2) is 0 Å². The zero-order valence-electron chi connectivity index (χ0n) is 10.7. The molecule has 0 aliphatic carbocycles. The number of anilines is 2. The first-order valence-electron chi connectivity index (χ1n) is 5.88. The van der Waals surface area contributed by atoms with E-state index in [0.717, 1.165) is 12.1 Å². The summed E-state index contributed by atoms with van der Waals surface area (Å²) in [6.45, 7) is 0. The summed E-state index contributed by atoms with van der Waals surface area (Å²) in [7, 11) is 0. The molecule has 0 aliphatic heterocycles. The summed E-state index contributed by atoms with van der Waals surface area (Å²) in [5.41, 5.74) is 5.62. The smallest absolute Gasteiger partial charge is 0.323 e. The molecule has 0 aromatic heterocycles. The van der Waals surface area contributed by atoms with Gasteiger partial charge in [0.05, 0.1) is 11.3 Å². The molecule has 0 aliphatic rings. The molecule has 0 unspecified atom stereocenters. The van der Waals surface area contributed by atoms with E-state index in [2.05, 4.69) is 10.6 Å². The Kier molecular flexibility index (Phi) is 4.39. The van der Waals surface area contributed by atoms with Crippen LogP contribution in [0.3, 0.4) is 0 Å². The number of nitrogens with two attached hydrogens (primary N) is 1. The van der Waals surface area contributed by atoms with Gasteiger partial charge in [0.2, 0.25) is 0 Å². The Morgan fingerprint density at radius 2 is 1.86 bits per heavy atom. The van der Waals surface area contributed by atoms with Crippen LogP contribution in [0.1, 0.15) is 10.4 Å². The number of hydrogen-bond acceptors (Lipinski definition) is 2. The molecule has 0 spiro atoms. The minimum Gasteiger partial charge on any atom is -0.366 e. The molecular weight excluding hydrogens is 297 g/mol. The number of carbonyl (C=O) groups is 2. The third kappa shape index (κ3) is 3.93. The van der Waals surface area contributed by atoms with Gasteiger partial charge < -0.3 is 16.4 Å². The number of nitrogens with one attached hydrogen (secondary N) is 2. The van der Waals surface area contributed by atoms with Gasteiger partial charge in [0.1, 0.15) is 5.82 Å². The molecule has 0 radical (unpaired) electrons. The molecule has 2 aromatic carbocycles. The van der Waals surface area contributed by atoms with Gasteiger partial charge in [0.25, 0.3) is 5.91 Å². The Balaban J connectivity index is 2.16. The van der Waals surface area contributed by atoms with Gasteiger partial charge in [-0.2, -0.15) is 0 Å². The highest BCUT2D eigenvalue weighted by atomic mass is 35.5. The molecule has 2 aromatic rings. The normalized spacial score (nSPS) is 10.0.